The van der Waals surface area contributed by atoms with E-state index in [1.54, 1.807) is 18.2 Å². The summed E-state index contributed by atoms with van der Waals surface area (Å²) in [5.74, 6) is -1.91. The summed E-state index contributed by atoms with van der Waals surface area (Å²) in [4.78, 5) is 23.3. The average molecular weight is 507 g/mol. The van der Waals surface area contributed by atoms with Crippen LogP contribution in [0, 0.1) is 10.1 Å². The van der Waals surface area contributed by atoms with E-state index in [2.05, 4.69) is 10.4 Å². The first-order chi connectivity index (χ1) is 15.0. The van der Waals surface area contributed by atoms with Gasteiger partial charge in [0.15, 0.2) is 10.6 Å². The van der Waals surface area contributed by atoms with Crippen LogP contribution in [0.15, 0.2) is 53.6 Å². The van der Waals surface area contributed by atoms with Gasteiger partial charge < -0.3 is 9.87 Å². The van der Waals surface area contributed by atoms with Gasteiger partial charge in [-0.25, -0.2) is 4.68 Å². The summed E-state index contributed by atoms with van der Waals surface area (Å²) >= 11 is 10.2. The molecule has 168 valence electrons. The molecule has 1 aromatic heterocycles. The van der Waals surface area contributed by atoms with Crippen molar-refractivity contribution >= 4 is 51.8 Å². The number of carbonyl (C=O) groups is 1. The first-order valence-corrected chi connectivity index (χ1v) is 10.6. The first-order valence-electron chi connectivity index (χ1n) is 8.51. The minimum absolute atomic E-state index is 0.311. The van der Waals surface area contributed by atoms with E-state index in [0.717, 1.165) is 10.9 Å². The number of anilines is 1. The van der Waals surface area contributed by atoms with E-state index >= 15 is 0 Å². The molecule has 0 saturated carbocycles. The third kappa shape index (κ3) is 5.15. The average Bonchev–Trinajstić information content (AvgIpc) is 3.10. The summed E-state index contributed by atoms with van der Waals surface area (Å²) in [6.07, 6.45) is -3.96. The molecule has 0 aliphatic rings. The number of amides is 1. The standard InChI is InChI=1S/C18H11Cl2F3N4O4S/c19-12-6-10(18(21,22)23)7-13(20)16(12)26-17(14(8-24-26)27(29)30)25-15(28)9-32(31)11-4-2-1-3-5-11/h1-8H,9H2,(H,25,28). The van der Waals surface area contributed by atoms with Crippen LogP contribution in [0.5, 0.6) is 0 Å². The third-order valence-electron chi connectivity index (χ3n) is 4.03. The smallest absolute Gasteiger partial charge is 0.416 e. The largest absolute Gasteiger partial charge is 0.611 e. The SMILES string of the molecule is O=C(C[S+]([O-])c1ccccc1)Nc1c([N+](=O)[O-])cnn1-c1c(Cl)cc(C(F)(F)F)cc1Cl. The Balaban J connectivity index is 1.97. The molecule has 1 heterocycles. The Morgan fingerprint density at radius 2 is 1.78 bits per heavy atom. The molecule has 0 spiro atoms. The van der Waals surface area contributed by atoms with Gasteiger partial charge in [0, 0.05) is 0 Å². The van der Waals surface area contributed by atoms with E-state index in [0.29, 0.717) is 17.0 Å². The normalized spacial score (nSPS) is 12.4. The minimum Gasteiger partial charge on any atom is -0.611 e. The second kappa shape index (κ2) is 9.36. The molecule has 0 bridgehead atoms. The van der Waals surface area contributed by atoms with Crippen molar-refractivity contribution in [1.29, 1.82) is 0 Å². The number of nitrogens with one attached hydrogen (secondary N) is 1. The summed E-state index contributed by atoms with van der Waals surface area (Å²) in [5.41, 5.74) is -2.12. The monoisotopic (exact) mass is 506 g/mol. The van der Waals surface area contributed by atoms with Crippen molar-refractivity contribution < 1.29 is 27.4 Å². The van der Waals surface area contributed by atoms with Crippen LogP contribution in [0.3, 0.4) is 0 Å². The number of carbonyl (C=O) groups excluding carboxylic acids is 1. The summed E-state index contributed by atoms with van der Waals surface area (Å²) in [7, 11) is 0. The first kappa shape index (κ1) is 23.9. The maximum atomic E-state index is 13.0. The van der Waals surface area contributed by atoms with E-state index in [-0.39, 0.29) is 5.69 Å². The van der Waals surface area contributed by atoms with Crippen molar-refractivity contribution in [1.82, 2.24) is 9.78 Å². The van der Waals surface area contributed by atoms with Crippen LogP contribution in [-0.2, 0) is 22.1 Å². The van der Waals surface area contributed by atoms with Crippen molar-refractivity contribution in [2.45, 2.75) is 11.1 Å². The van der Waals surface area contributed by atoms with E-state index in [1.807, 2.05) is 0 Å². The zero-order valence-electron chi connectivity index (χ0n) is 15.6. The quantitative estimate of drug-likeness (QED) is 0.291. The maximum absolute atomic E-state index is 13.0. The van der Waals surface area contributed by atoms with Gasteiger partial charge in [-0.15, -0.1) is 0 Å². The number of alkyl halides is 3. The number of hydrogen-bond donors (Lipinski definition) is 1. The molecular formula is C18H11Cl2F3N4O4S. The van der Waals surface area contributed by atoms with Crippen molar-refractivity contribution in [2.24, 2.45) is 0 Å². The summed E-state index contributed by atoms with van der Waals surface area (Å²) in [6, 6.07) is 9.17. The summed E-state index contributed by atoms with van der Waals surface area (Å²) in [5, 5.41) is 16.3. The molecule has 0 radical (unpaired) electrons. The Hall–Kier alpha value is -2.80. The van der Waals surface area contributed by atoms with Gasteiger partial charge in [0.25, 0.3) is 5.91 Å². The van der Waals surface area contributed by atoms with Gasteiger partial charge in [-0.05, 0) is 35.4 Å². The van der Waals surface area contributed by atoms with E-state index < -0.39 is 61.0 Å². The molecule has 1 atom stereocenters. The molecule has 3 rings (SSSR count). The second-order valence-corrected chi connectivity index (χ2v) is 8.45. The Kier molecular flexibility index (Phi) is 6.98. The molecule has 8 nitrogen and oxygen atoms in total. The number of hydrogen-bond acceptors (Lipinski definition) is 5. The lowest BCUT2D eigenvalue weighted by atomic mass is 10.2. The van der Waals surface area contributed by atoms with E-state index in [9.17, 15) is 32.6 Å². The fraction of sp³-hybridized carbons (Fsp3) is 0.111. The van der Waals surface area contributed by atoms with Crippen LogP contribution >= 0.6 is 23.2 Å². The van der Waals surface area contributed by atoms with Crippen molar-refractivity contribution in [2.75, 3.05) is 11.1 Å². The van der Waals surface area contributed by atoms with Crippen LogP contribution in [-0.4, -0.2) is 30.9 Å². The predicted molar refractivity (Wildman–Crippen MR) is 112 cm³/mol. The Morgan fingerprint density at radius 1 is 1.19 bits per heavy atom. The van der Waals surface area contributed by atoms with Crippen LogP contribution in [0.2, 0.25) is 10.0 Å². The number of rotatable bonds is 6. The molecule has 0 aliphatic carbocycles. The van der Waals surface area contributed by atoms with Gasteiger partial charge >= 0.3 is 11.9 Å². The molecule has 14 heteroatoms. The van der Waals surface area contributed by atoms with Gasteiger partial charge in [0.1, 0.15) is 11.9 Å². The summed E-state index contributed by atoms with van der Waals surface area (Å²) < 4.78 is 52.1. The van der Waals surface area contributed by atoms with E-state index in [1.165, 1.54) is 12.1 Å². The lowest BCUT2D eigenvalue weighted by Crippen LogP contribution is -2.24. The maximum Gasteiger partial charge on any atom is 0.416 e. The van der Waals surface area contributed by atoms with Crippen molar-refractivity contribution in [3.63, 3.8) is 0 Å². The highest BCUT2D eigenvalue weighted by atomic mass is 35.5. The molecule has 1 amide bonds. The second-order valence-electron chi connectivity index (χ2n) is 6.18. The molecule has 2 aromatic carbocycles. The van der Waals surface area contributed by atoms with Crippen LogP contribution < -0.4 is 5.32 Å². The fourth-order valence-corrected chi connectivity index (χ4v) is 4.22. The van der Waals surface area contributed by atoms with Crippen LogP contribution in [0.1, 0.15) is 5.56 Å². The molecule has 32 heavy (non-hydrogen) atoms. The lowest BCUT2D eigenvalue weighted by Gasteiger charge is -2.15. The zero-order chi connectivity index (χ0) is 23.6. The third-order valence-corrected chi connectivity index (χ3v) is 5.93. The van der Waals surface area contributed by atoms with Gasteiger partial charge in [0.2, 0.25) is 5.82 Å². The highest BCUT2D eigenvalue weighted by Crippen LogP contribution is 2.39. The highest BCUT2D eigenvalue weighted by Gasteiger charge is 2.33. The molecule has 1 N–H and O–H groups in total. The molecule has 0 fully saturated rings. The molecule has 3 aromatic rings. The van der Waals surface area contributed by atoms with Gasteiger partial charge in [-0.1, -0.05) is 41.4 Å². The lowest BCUT2D eigenvalue weighted by molar-refractivity contribution is -0.384. The zero-order valence-corrected chi connectivity index (χ0v) is 17.9. The van der Waals surface area contributed by atoms with Crippen LogP contribution in [0.25, 0.3) is 5.69 Å². The minimum atomic E-state index is -4.74. The molecular weight excluding hydrogens is 496 g/mol. The number of halogens is 5. The predicted octanol–water partition coefficient (Wildman–Crippen LogP) is 4.85. The Bertz CT molecular complexity index is 1150. The number of nitrogens with zero attached hydrogens (tertiary/aromatic N) is 3. The van der Waals surface area contributed by atoms with Gasteiger partial charge in [-0.2, -0.15) is 18.3 Å². The van der Waals surface area contributed by atoms with Gasteiger partial charge in [-0.3, -0.25) is 14.9 Å². The fourth-order valence-electron chi connectivity index (χ4n) is 2.63. The number of benzene rings is 2. The molecule has 1 unspecified atom stereocenters. The van der Waals surface area contributed by atoms with Gasteiger partial charge in [0.05, 0.1) is 20.5 Å². The Labute approximate surface area is 191 Å². The topological polar surface area (TPSA) is 113 Å². The van der Waals surface area contributed by atoms with E-state index in [4.69, 9.17) is 23.2 Å². The van der Waals surface area contributed by atoms with Crippen molar-refractivity contribution in [3.8, 4) is 5.69 Å². The van der Waals surface area contributed by atoms with Crippen LogP contribution in [0.4, 0.5) is 24.7 Å². The number of nitro groups is 1. The number of aromatic nitrogens is 2. The Morgan fingerprint density at radius 3 is 2.31 bits per heavy atom. The molecule has 0 saturated heterocycles. The highest BCUT2D eigenvalue weighted by molar-refractivity contribution is 7.92. The molecule has 0 aliphatic heterocycles. The summed E-state index contributed by atoms with van der Waals surface area (Å²) in [6.45, 7) is 0. The van der Waals surface area contributed by atoms with Crippen molar-refractivity contribution in [3.05, 3.63) is 74.4 Å².